The molecule has 1 atom stereocenters. The summed E-state index contributed by atoms with van der Waals surface area (Å²) >= 11 is 0. The molecule has 0 unspecified atom stereocenters. The first kappa shape index (κ1) is 26.0. The Kier molecular flexibility index (Phi) is 7.24. The number of nitrogens with zero attached hydrogens (tertiary/aromatic N) is 5. The summed E-state index contributed by atoms with van der Waals surface area (Å²) in [5.41, 5.74) is 2.04. The second kappa shape index (κ2) is 10.3. The van der Waals surface area contributed by atoms with Crippen molar-refractivity contribution in [1.82, 2.24) is 19.2 Å². The molecule has 0 amide bonds. The maximum Gasteiger partial charge on any atom is 0.243 e. The van der Waals surface area contributed by atoms with Crippen LogP contribution >= 0.6 is 0 Å². The minimum Gasteiger partial charge on any atom is -0.378 e. The standard InChI is InChI=1S/C28H37N5O3S/c1-21(26-29-25-8-6-5-7-24(25)27(30-26)32-17-19-36-20-18-32)31-13-15-33(16-14-31)37(34,35)23-11-9-22(10-12-23)28(2,3)4/h5-12,21H,13-20H2,1-4H3/t21-/m0/s1. The van der Waals surface area contributed by atoms with Gasteiger partial charge in [0.2, 0.25) is 10.0 Å². The number of rotatable bonds is 5. The lowest BCUT2D eigenvalue weighted by Gasteiger charge is -2.37. The first-order valence-electron chi connectivity index (χ1n) is 13.1. The second-order valence-corrected chi connectivity index (χ2v) is 12.9. The quantitative estimate of drug-likeness (QED) is 0.503. The molecular formula is C28H37N5O3S. The monoisotopic (exact) mass is 523 g/mol. The summed E-state index contributed by atoms with van der Waals surface area (Å²) < 4.78 is 33.8. The molecule has 0 saturated carbocycles. The SMILES string of the molecule is C[C@@H](c1nc(N2CCOCC2)c2ccccc2n1)N1CCN(S(=O)(=O)c2ccc(C(C)(C)C)cc2)CC1. The molecule has 2 saturated heterocycles. The molecule has 1 aromatic heterocycles. The van der Waals surface area contributed by atoms with Gasteiger partial charge in [0.05, 0.1) is 29.7 Å². The van der Waals surface area contributed by atoms with Gasteiger partial charge < -0.3 is 9.64 Å². The smallest absolute Gasteiger partial charge is 0.243 e. The van der Waals surface area contributed by atoms with E-state index in [1.54, 1.807) is 16.4 Å². The van der Waals surface area contributed by atoms with Crippen LogP contribution in [0.4, 0.5) is 5.82 Å². The fraction of sp³-hybridized carbons (Fsp3) is 0.500. The van der Waals surface area contributed by atoms with Crippen LogP contribution in [-0.4, -0.2) is 80.1 Å². The van der Waals surface area contributed by atoms with E-state index in [-0.39, 0.29) is 11.5 Å². The van der Waals surface area contributed by atoms with Crippen molar-refractivity contribution in [1.29, 1.82) is 0 Å². The minimum absolute atomic E-state index is 0.0173. The average Bonchev–Trinajstić information content (AvgIpc) is 2.92. The van der Waals surface area contributed by atoms with Gasteiger partial charge in [0.25, 0.3) is 0 Å². The lowest BCUT2D eigenvalue weighted by Crippen LogP contribution is -2.49. The van der Waals surface area contributed by atoms with Gasteiger partial charge in [-0.1, -0.05) is 45.0 Å². The highest BCUT2D eigenvalue weighted by Gasteiger charge is 2.32. The maximum absolute atomic E-state index is 13.3. The molecule has 2 fully saturated rings. The molecule has 8 nitrogen and oxygen atoms in total. The van der Waals surface area contributed by atoms with Crippen molar-refractivity contribution in [3.63, 3.8) is 0 Å². The van der Waals surface area contributed by atoms with Crippen molar-refractivity contribution in [2.45, 2.75) is 44.0 Å². The van der Waals surface area contributed by atoms with Gasteiger partial charge in [-0.2, -0.15) is 4.31 Å². The molecule has 3 heterocycles. The normalized spacial score (nSPS) is 19.3. The van der Waals surface area contributed by atoms with Crippen molar-refractivity contribution < 1.29 is 13.2 Å². The zero-order chi connectivity index (χ0) is 26.2. The van der Waals surface area contributed by atoms with E-state index in [9.17, 15) is 8.42 Å². The predicted molar refractivity (Wildman–Crippen MR) is 146 cm³/mol. The van der Waals surface area contributed by atoms with E-state index in [2.05, 4.69) is 43.6 Å². The summed E-state index contributed by atoms with van der Waals surface area (Å²) in [5.74, 6) is 1.73. The molecule has 5 rings (SSSR count). The highest BCUT2D eigenvalue weighted by Crippen LogP contribution is 2.30. The lowest BCUT2D eigenvalue weighted by atomic mass is 9.87. The summed E-state index contributed by atoms with van der Waals surface area (Å²) in [5, 5.41) is 1.05. The van der Waals surface area contributed by atoms with Crippen molar-refractivity contribution in [2.24, 2.45) is 0 Å². The molecule has 2 aromatic carbocycles. The Hall–Kier alpha value is -2.59. The fourth-order valence-corrected chi connectivity index (χ4v) is 6.47. The Bertz CT molecular complexity index is 1340. The molecule has 2 aliphatic heterocycles. The highest BCUT2D eigenvalue weighted by molar-refractivity contribution is 7.89. The van der Waals surface area contributed by atoms with Gasteiger partial charge in [0, 0.05) is 44.7 Å². The third-order valence-corrected chi connectivity index (χ3v) is 9.38. The van der Waals surface area contributed by atoms with E-state index in [0.717, 1.165) is 41.2 Å². The van der Waals surface area contributed by atoms with Gasteiger partial charge in [0.1, 0.15) is 11.6 Å². The third-order valence-electron chi connectivity index (χ3n) is 7.46. The number of aromatic nitrogens is 2. The number of hydrogen-bond donors (Lipinski definition) is 0. The van der Waals surface area contributed by atoms with Crippen LogP contribution in [-0.2, 0) is 20.2 Å². The van der Waals surface area contributed by atoms with E-state index in [1.165, 1.54) is 0 Å². The fourth-order valence-electron chi connectivity index (χ4n) is 5.05. The number of sulfonamides is 1. The van der Waals surface area contributed by atoms with Crippen LogP contribution in [0.2, 0.25) is 0 Å². The maximum atomic E-state index is 13.3. The van der Waals surface area contributed by atoms with E-state index in [1.807, 2.05) is 30.3 Å². The number of fused-ring (bicyclic) bond motifs is 1. The minimum atomic E-state index is -3.53. The predicted octanol–water partition coefficient (Wildman–Crippen LogP) is 3.83. The van der Waals surface area contributed by atoms with Gasteiger partial charge >= 0.3 is 0 Å². The molecule has 0 N–H and O–H groups in total. The van der Waals surface area contributed by atoms with Crippen LogP contribution in [0.1, 0.15) is 45.1 Å². The number of anilines is 1. The van der Waals surface area contributed by atoms with Crippen LogP contribution in [0.15, 0.2) is 53.4 Å². The lowest BCUT2D eigenvalue weighted by molar-refractivity contribution is 0.122. The molecule has 0 radical (unpaired) electrons. The average molecular weight is 524 g/mol. The summed E-state index contributed by atoms with van der Waals surface area (Å²) in [4.78, 5) is 14.8. The van der Waals surface area contributed by atoms with Gasteiger partial charge in [-0.25, -0.2) is 18.4 Å². The van der Waals surface area contributed by atoms with Crippen molar-refractivity contribution >= 4 is 26.7 Å². The molecular weight excluding hydrogens is 486 g/mol. The van der Waals surface area contributed by atoms with Gasteiger partial charge in [-0.05, 0) is 42.2 Å². The zero-order valence-corrected chi connectivity index (χ0v) is 23.0. The van der Waals surface area contributed by atoms with Crippen molar-refractivity contribution in [3.8, 4) is 0 Å². The molecule has 9 heteroatoms. The number of ether oxygens (including phenoxy) is 1. The highest BCUT2D eigenvalue weighted by atomic mass is 32.2. The number of para-hydroxylation sites is 1. The summed E-state index contributed by atoms with van der Waals surface area (Å²) in [7, 11) is -3.53. The molecule has 0 bridgehead atoms. The van der Waals surface area contributed by atoms with E-state index in [4.69, 9.17) is 14.7 Å². The van der Waals surface area contributed by atoms with Gasteiger partial charge in [-0.15, -0.1) is 0 Å². The van der Waals surface area contributed by atoms with Crippen LogP contribution in [0, 0.1) is 0 Å². The molecule has 3 aromatic rings. The van der Waals surface area contributed by atoms with Crippen LogP contribution in [0.5, 0.6) is 0 Å². The summed E-state index contributed by atoms with van der Waals surface area (Å²) in [6.45, 7) is 13.6. The van der Waals surface area contributed by atoms with Crippen molar-refractivity contribution in [3.05, 3.63) is 59.9 Å². The first-order valence-corrected chi connectivity index (χ1v) is 14.5. The van der Waals surface area contributed by atoms with Crippen LogP contribution < -0.4 is 4.90 Å². The van der Waals surface area contributed by atoms with Crippen LogP contribution in [0.25, 0.3) is 10.9 Å². The number of piperazine rings is 1. The summed E-state index contributed by atoms with van der Waals surface area (Å²) in [6, 6.07) is 15.4. The Morgan fingerprint density at radius 3 is 2.16 bits per heavy atom. The van der Waals surface area contributed by atoms with Gasteiger partial charge in [-0.3, -0.25) is 4.90 Å². The third kappa shape index (κ3) is 5.36. The first-order chi connectivity index (χ1) is 17.6. The second-order valence-electron chi connectivity index (χ2n) is 10.9. The molecule has 198 valence electrons. The topological polar surface area (TPSA) is 78.9 Å². The molecule has 0 aliphatic carbocycles. The van der Waals surface area contributed by atoms with E-state index < -0.39 is 10.0 Å². The Labute approximate surface area is 220 Å². The van der Waals surface area contributed by atoms with E-state index >= 15 is 0 Å². The Morgan fingerprint density at radius 1 is 0.865 bits per heavy atom. The largest absolute Gasteiger partial charge is 0.378 e. The van der Waals surface area contributed by atoms with Crippen molar-refractivity contribution in [2.75, 3.05) is 57.4 Å². The number of hydrogen-bond acceptors (Lipinski definition) is 7. The molecule has 2 aliphatic rings. The molecule has 37 heavy (non-hydrogen) atoms. The Morgan fingerprint density at radius 2 is 1.51 bits per heavy atom. The number of morpholine rings is 1. The van der Waals surface area contributed by atoms with Gasteiger partial charge in [0.15, 0.2) is 0 Å². The van der Waals surface area contributed by atoms with Crippen LogP contribution in [0.3, 0.4) is 0 Å². The molecule has 0 spiro atoms. The Balaban J connectivity index is 1.32. The zero-order valence-electron chi connectivity index (χ0n) is 22.2. The summed E-state index contributed by atoms with van der Waals surface area (Å²) in [6.07, 6.45) is 0. The van der Waals surface area contributed by atoms with E-state index in [0.29, 0.717) is 44.3 Å². The number of benzene rings is 2.